The predicted molar refractivity (Wildman–Crippen MR) is 142 cm³/mol. The monoisotopic (exact) mass is 508 g/mol. The van der Waals surface area contributed by atoms with E-state index in [9.17, 15) is 19.8 Å². The quantitative estimate of drug-likeness (QED) is 0.424. The average molecular weight is 509 g/mol. The lowest BCUT2D eigenvalue weighted by Gasteiger charge is -2.30. The lowest BCUT2D eigenvalue weighted by Crippen LogP contribution is -2.46. The van der Waals surface area contributed by atoms with Crippen LogP contribution in [-0.2, 0) is 0 Å². The Morgan fingerprint density at radius 2 is 0.971 bits per heavy atom. The standard InChI is InChI=1S/C26H40N2O4S2/c1-13-19(21(15(3)33-13)23(31)27-17(11-29)25(5,6)7)20-14(2)34-16(4)22(20)24(32)28-18(12-30)26(8,9)10/h17-18,29-30H,11-12H2,1-10H3,(H,27,31)(H,28,32)/t17-,18-/m1/s1. The maximum absolute atomic E-state index is 13.5. The van der Waals surface area contributed by atoms with Gasteiger partial charge < -0.3 is 20.8 Å². The Hall–Kier alpha value is -1.74. The molecule has 0 spiro atoms. The van der Waals surface area contributed by atoms with Gasteiger partial charge in [0, 0.05) is 30.6 Å². The second kappa shape index (κ2) is 10.5. The van der Waals surface area contributed by atoms with Gasteiger partial charge in [0.15, 0.2) is 0 Å². The molecule has 0 aliphatic carbocycles. The van der Waals surface area contributed by atoms with Crippen LogP contribution in [0.5, 0.6) is 0 Å². The summed E-state index contributed by atoms with van der Waals surface area (Å²) in [4.78, 5) is 30.7. The van der Waals surface area contributed by atoms with E-state index < -0.39 is 12.1 Å². The first-order valence-corrected chi connectivity index (χ1v) is 13.2. The van der Waals surface area contributed by atoms with Crippen LogP contribution >= 0.6 is 22.7 Å². The maximum Gasteiger partial charge on any atom is 0.253 e. The first kappa shape index (κ1) is 28.5. The summed E-state index contributed by atoms with van der Waals surface area (Å²) in [6.07, 6.45) is 0. The molecule has 34 heavy (non-hydrogen) atoms. The summed E-state index contributed by atoms with van der Waals surface area (Å²) in [6.45, 7) is 19.3. The van der Waals surface area contributed by atoms with Crippen LogP contribution in [0.25, 0.3) is 11.1 Å². The number of nitrogens with one attached hydrogen (secondary N) is 2. The Morgan fingerprint density at radius 3 is 1.21 bits per heavy atom. The van der Waals surface area contributed by atoms with Crippen molar-refractivity contribution in [3.05, 3.63) is 30.6 Å². The van der Waals surface area contributed by atoms with Crippen molar-refractivity contribution in [1.82, 2.24) is 10.6 Å². The number of carbonyl (C=O) groups excluding carboxylic acids is 2. The molecule has 0 saturated carbocycles. The summed E-state index contributed by atoms with van der Waals surface area (Å²) in [7, 11) is 0. The minimum absolute atomic E-state index is 0.160. The molecule has 2 aromatic rings. The van der Waals surface area contributed by atoms with Gasteiger partial charge in [0.05, 0.1) is 36.4 Å². The molecule has 2 aromatic heterocycles. The van der Waals surface area contributed by atoms with Gasteiger partial charge in [-0.1, -0.05) is 41.5 Å². The van der Waals surface area contributed by atoms with Crippen LogP contribution in [0, 0.1) is 38.5 Å². The minimum atomic E-state index is -0.405. The molecule has 0 saturated heterocycles. The number of rotatable bonds is 7. The predicted octanol–water partition coefficient (Wildman–Crippen LogP) is 4.98. The fourth-order valence-electron chi connectivity index (χ4n) is 4.05. The highest BCUT2D eigenvalue weighted by molar-refractivity contribution is 7.14. The smallest absolute Gasteiger partial charge is 0.253 e. The highest BCUT2D eigenvalue weighted by Gasteiger charge is 2.33. The third-order valence-corrected chi connectivity index (χ3v) is 8.33. The summed E-state index contributed by atoms with van der Waals surface area (Å²) in [5.74, 6) is -0.494. The molecular formula is C26H40N2O4S2. The first-order chi connectivity index (χ1) is 15.5. The van der Waals surface area contributed by atoms with Crippen molar-refractivity contribution in [2.45, 2.75) is 81.3 Å². The van der Waals surface area contributed by atoms with Crippen molar-refractivity contribution >= 4 is 34.5 Å². The summed E-state index contributed by atoms with van der Waals surface area (Å²) in [5, 5.41) is 25.8. The molecule has 0 aliphatic heterocycles. The van der Waals surface area contributed by atoms with Crippen molar-refractivity contribution in [3.63, 3.8) is 0 Å². The number of hydrogen-bond donors (Lipinski definition) is 4. The first-order valence-electron chi connectivity index (χ1n) is 11.6. The van der Waals surface area contributed by atoms with Gasteiger partial charge >= 0.3 is 0 Å². The number of thiophene rings is 2. The minimum Gasteiger partial charge on any atom is -0.394 e. The van der Waals surface area contributed by atoms with E-state index in [1.807, 2.05) is 69.2 Å². The van der Waals surface area contributed by atoms with Crippen molar-refractivity contribution in [3.8, 4) is 11.1 Å². The van der Waals surface area contributed by atoms with Crippen molar-refractivity contribution in [2.75, 3.05) is 13.2 Å². The Balaban J connectivity index is 2.62. The van der Waals surface area contributed by atoms with Crippen LogP contribution in [0.15, 0.2) is 0 Å². The number of aliphatic hydroxyl groups excluding tert-OH is 2. The van der Waals surface area contributed by atoms with Gasteiger partial charge in [-0.2, -0.15) is 0 Å². The van der Waals surface area contributed by atoms with E-state index in [1.165, 1.54) is 22.7 Å². The van der Waals surface area contributed by atoms with Crippen LogP contribution in [0.3, 0.4) is 0 Å². The molecule has 0 fully saturated rings. The molecule has 2 atom stereocenters. The Labute approximate surface area is 211 Å². The van der Waals surface area contributed by atoms with E-state index in [0.29, 0.717) is 11.1 Å². The SMILES string of the molecule is Cc1sc(C)c(-c2c(C)sc(C)c2C(=O)N[C@H](CO)C(C)(C)C)c1C(=O)N[C@H](CO)C(C)(C)C. The molecule has 0 radical (unpaired) electrons. The molecule has 6 nitrogen and oxygen atoms in total. The highest BCUT2D eigenvalue weighted by Crippen LogP contribution is 2.43. The molecule has 0 aromatic carbocycles. The average Bonchev–Trinajstić information content (AvgIpc) is 3.15. The molecule has 0 aliphatic rings. The summed E-state index contributed by atoms with van der Waals surface area (Å²) in [6, 6.07) is -0.810. The third kappa shape index (κ3) is 5.90. The lowest BCUT2D eigenvalue weighted by atomic mass is 9.86. The molecule has 8 heteroatoms. The zero-order valence-electron chi connectivity index (χ0n) is 22.1. The largest absolute Gasteiger partial charge is 0.394 e. The normalized spacial score (nSPS) is 14.1. The van der Waals surface area contributed by atoms with Gasteiger partial charge in [0.25, 0.3) is 11.8 Å². The molecule has 2 heterocycles. The zero-order chi connectivity index (χ0) is 26.2. The van der Waals surface area contributed by atoms with Crippen LogP contribution < -0.4 is 10.6 Å². The number of hydrogen-bond acceptors (Lipinski definition) is 6. The molecular weight excluding hydrogens is 468 g/mol. The summed E-state index contributed by atoms with van der Waals surface area (Å²) < 4.78 is 0. The van der Waals surface area contributed by atoms with Gasteiger partial charge in [-0.3, -0.25) is 9.59 Å². The summed E-state index contributed by atoms with van der Waals surface area (Å²) >= 11 is 3.06. The van der Waals surface area contributed by atoms with Gasteiger partial charge in [0.2, 0.25) is 0 Å². The number of aliphatic hydroxyl groups is 2. The molecule has 4 N–H and O–H groups in total. The summed E-state index contributed by atoms with van der Waals surface area (Å²) in [5.41, 5.74) is 2.03. The Kier molecular flexibility index (Phi) is 8.78. The zero-order valence-corrected chi connectivity index (χ0v) is 23.7. The number of amides is 2. The number of carbonyl (C=O) groups is 2. The van der Waals surface area contributed by atoms with E-state index in [1.54, 1.807) is 0 Å². The van der Waals surface area contributed by atoms with Crippen molar-refractivity contribution < 1.29 is 19.8 Å². The van der Waals surface area contributed by atoms with E-state index in [4.69, 9.17) is 0 Å². The maximum atomic E-state index is 13.5. The molecule has 2 amide bonds. The van der Waals surface area contributed by atoms with Gasteiger partial charge in [-0.25, -0.2) is 0 Å². The third-order valence-electron chi connectivity index (χ3n) is 6.29. The second-order valence-electron chi connectivity index (χ2n) is 11.1. The van der Waals surface area contributed by atoms with Gasteiger partial charge in [-0.15, -0.1) is 22.7 Å². The highest BCUT2D eigenvalue weighted by atomic mass is 32.1. The fraction of sp³-hybridized carbons (Fsp3) is 0.615. The van der Waals surface area contributed by atoms with Crippen LogP contribution in [0.2, 0.25) is 0 Å². The van der Waals surface area contributed by atoms with Crippen LogP contribution in [-0.4, -0.2) is 47.3 Å². The molecule has 2 rings (SSSR count). The number of aryl methyl sites for hydroxylation is 4. The van der Waals surface area contributed by atoms with Crippen LogP contribution in [0.4, 0.5) is 0 Å². The van der Waals surface area contributed by atoms with Crippen molar-refractivity contribution in [2.24, 2.45) is 10.8 Å². The van der Waals surface area contributed by atoms with E-state index >= 15 is 0 Å². The Morgan fingerprint density at radius 1 is 0.676 bits per heavy atom. The fourth-order valence-corrected chi connectivity index (χ4v) is 6.17. The topological polar surface area (TPSA) is 98.7 Å². The molecule has 0 unspecified atom stereocenters. The molecule has 190 valence electrons. The lowest BCUT2D eigenvalue weighted by molar-refractivity contribution is 0.0842. The van der Waals surface area contributed by atoms with Crippen molar-refractivity contribution in [1.29, 1.82) is 0 Å². The van der Waals surface area contributed by atoms with Gasteiger partial charge in [0.1, 0.15) is 0 Å². The van der Waals surface area contributed by atoms with Crippen LogP contribution in [0.1, 0.15) is 81.8 Å². The van der Waals surface area contributed by atoms with E-state index in [-0.39, 0.29) is 35.9 Å². The van der Waals surface area contributed by atoms with E-state index in [2.05, 4.69) is 10.6 Å². The van der Waals surface area contributed by atoms with E-state index in [0.717, 1.165) is 30.6 Å². The molecule has 0 bridgehead atoms. The Bertz CT molecular complexity index is 970. The van der Waals surface area contributed by atoms with Gasteiger partial charge in [-0.05, 0) is 38.5 Å². The second-order valence-corrected chi connectivity index (χ2v) is 13.9.